The molecule has 0 saturated carbocycles. The maximum Gasteiger partial charge on any atom is 0.224 e. The Balaban J connectivity index is 2.32. The van der Waals surface area contributed by atoms with Gasteiger partial charge in [0.1, 0.15) is 0 Å². The van der Waals surface area contributed by atoms with Gasteiger partial charge in [-0.3, -0.25) is 4.79 Å². The molecule has 0 bridgehead atoms. The Bertz CT molecular complexity index is 247. The predicted molar refractivity (Wildman–Crippen MR) is 63.9 cm³/mol. The average molecular weight is 228 g/mol. The van der Waals surface area contributed by atoms with Crippen molar-refractivity contribution in [1.29, 1.82) is 0 Å². The third-order valence-corrected chi connectivity index (χ3v) is 3.31. The highest BCUT2D eigenvalue weighted by molar-refractivity contribution is 5.78. The lowest BCUT2D eigenvalue weighted by Gasteiger charge is -2.47. The van der Waals surface area contributed by atoms with Gasteiger partial charge in [0.05, 0.1) is 18.7 Å². The Hall–Kier alpha value is -0.610. The Morgan fingerprint density at radius 2 is 2.06 bits per heavy atom. The standard InChI is InChI=1S/C12H24N2O2/c1-4-5-12(16)7-14(8-12)11(15)6-10(13)9(2)3/h9-10,16H,4-8,13H2,1-3H3. The SMILES string of the molecule is CCCC1(O)CN(C(=O)CC(N)C(C)C)C1. The van der Waals surface area contributed by atoms with E-state index in [-0.39, 0.29) is 11.9 Å². The summed E-state index contributed by atoms with van der Waals surface area (Å²) in [5.41, 5.74) is 5.22. The van der Waals surface area contributed by atoms with Crippen molar-refractivity contribution in [3.8, 4) is 0 Å². The van der Waals surface area contributed by atoms with E-state index in [2.05, 4.69) is 0 Å². The van der Waals surface area contributed by atoms with E-state index in [4.69, 9.17) is 5.73 Å². The summed E-state index contributed by atoms with van der Waals surface area (Å²) in [6.45, 7) is 7.02. The first kappa shape index (κ1) is 13.5. The molecule has 0 spiro atoms. The van der Waals surface area contributed by atoms with Crippen LogP contribution in [0, 0.1) is 5.92 Å². The van der Waals surface area contributed by atoms with Crippen LogP contribution in [0.3, 0.4) is 0 Å². The van der Waals surface area contributed by atoms with Crippen LogP contribution in [0.15, 0.2) is 0 Å². The van der Waals surface area contributed by atoms with Crippen molar-refractivity contribution in [1.82, 2.24) is 4.90 Å². The van der Waals surface area contributed by atoms with Crippen molar-refractivity contribution in [3.05, 3.63) is 0 Å². The summed E-state index contributed by atoms with van der Waals surface area (Å²) in [5.74, 6) is 0.390. The first-order valence-electron chi connectivity index (χ1n) is 6.13. The maximum atomic E-state index is 11.8. The van der Waals surface area contributed by atoms with E-state index in [0.29, 0.717) is 25.4 Å². The zero-order valence-corrected chi connectivity index (χ0v) is 10.6. The normalized spacial score (nSPS) is 20.8. The van der Waals surface area contributed by atoms with Crippen LogP contribution >= 0.6 is 0 Å². The number of hydrogen-bond donors (Lipinski definition) is 2. The van der Waals surface area contributed by atoms with Gasteiger partial charge in [0.25, 0.3) is 0 Å². The van der Waals surface area contributed by atoms with Gasteiger partial charge in [-0.1, -0.05) is 27.2 Å². The molecule has 0 radical (unpaired) electrons. The second-order valence-electron chi connectivity index (χ2n) is 5.34. The summed E-state index contributed by atoms with van der Waals surface area (Å²) < 4.78 is 0. The minimum Gasteiger partial charge on any atom is -0.386 e. The summed E-state index contributed by atoms with van der Waals surface area (Å²) >= 11 is 0. The number of aliphatic hydroxyl groups is 1. The fourth-order valence-electron chi connectivity index (χ4n) is 2.03. The second-order valence-corrected chi connectivity index (χ2v) is 5.34. The van der Waals surface area contributed by atoms with Crippen LogP contribution in [0.25, 0.3) is 0 Å². The summed E-state index contributed by atoms with van der Waals surface area (Å²) in [4.78, 5) is 13.5. The second kappa shape index (κ2) is 5.15. The molecule has 1 heterocycles. The highest BCUT2D eigenvalue weighted by atomic mass is 16.3. The fraction of sp³-hybridized carbons (Fsp3) is 0.917. The zero-order chi connectivity index (χ0) is 12.3. The van der Waals surface area contributed by atoms with Gasteiger partial charge in [0, 0.05) is 12.5 Å². The van der Waals surface area contributed by atoms with E-state index in [9.17, 15) is 9.90 Å². The van der Waals surface area contributed by atoms with E-state index in [1.54, 1.807) is 4.90 Å². The van der Waals surface area contributed by atoms with E-state index in [0.717, 1.165) is 12.8 Å². The van der Waals surface area contributed by atoms with Crippen molar-refractivity contribution >= 4 is 5.91 Å². The van der Waals surface area contributed by atoms with Crippen LogP contribution < -0.4 is 5.73 Å². The van der Waals surface area contributed by atoms with Crippen molar-refractivity contribution in [3.63, 3.8) is 0 Å². The molecule has 1 atom stereocenters. The number of β-amino-alcohol motifs (C(OH)–C–C–N with tert-alkyl or cyclic N) is 1. The summed E-state index contributed by atoms with van der Waals surface area (Å²) in [6, 6.07) is -0.0765. The van der Waals surface area contributed by atoms with Crippen LogP contribution in [0.1, 0.15) is 40.0 Å². The topological polar surface area (TPSA) is 66.6 Å². The lowest BCUT2D eigenvalue weighted by Crippen LogP contribution is -2.63. The molecule has 1 unspecified atom stereocenters. The van der Waals surface area contributed by atoms with Gasteiger partial charge in [-0.15, -0.1) is 0 Å². The molecular weight excluding hydrogens is 204 g/mol. The molecule has 94 valence electrons. The van der Waals surface area contributed by atoms with Crippen LogP contribution in [0.4, 0.5) is 0 Å². The molecule has 1 rings (SSSR count). The molecule has 0 aromatic carbocycles. The molecule has 4 heteroatoms. The minimum absolute atomic E-state index is 0.0713. The molecule has 1 aliphatic rings. The third kappa shape index (κ3) is 3.19. The Labute approximate surface area is 97.8 Å². The molecule has 1 aliphatic heterocycles. The van der Waals surface area contributed by atoms with Crippen molar-refractivity contribution < 1.29 is 9.90 Å². The van der Waals surface area contributed by atoms with Gasteiger partial charge >= 0.3 is 0 Å². The smallest absolute Gasteiger partial charge is 0.224 e. The first-order valence-corrected chi connectivity index (χ1v) is 6.13. The van der Waals surface area contributed by atoms with Crippen molar-refractivity contribution in [2.45, 2.75) is 51.7 Å². The maximum absolute atomic E-state index is 11.8. The largest absolute Gasteiger partial charge is 0.386 e. The minimum atomic E-state index is -0.633. The quantitative estimate of drug-likeness (QED) is 0.729. The number of likely N-dealkylation sites (tertiary alicyclic amines) is 1. The molecule has 1 amide bonds. The van der Waals surface area contributed by atoms with E-state index >= 15 is 0 Å². The van der Waals surface area contributed by atoms with Crippen molar-refractivity contribution in [2.24, 2.45) is 11.7 Å². The number of carbonyl (C=O) groups excluding carboxylic acids is 1. The van der Waals surface area contributed by atoms with Crippen LogP contribution in [0.5, 0.6) is 0 Å². The number of nitrogens with two attached hydrogens (primary N) is 1. The van der Waals surface area contributed by atoms with E-state index < -0.39 is 5.60 Å². The predicted octanol–water partition coefficient (Wildman–Crippen LogP) is 0.733. The first-order chi connectivity index (χ1) is 7.38. The fourth-order valence-corrected chi connectivity index (χ4v) is 2.03. The van der Waals surface area contributed by atoms with Gasteiger partial charge in [-0.25, -0.2) is 0 Å². The Kier molecular flexibility index (Phi) is 4.33. The summed E-state index contributed by atoms with van der Waals surface area (Å²) in [7, 11) is 0. The summed E-state index contributed by atoms with van der Waals surface area (Å²) in [6.07, 6.45) is 2.11. The molecule has 0 aliphatic carbocycles. The molecule has 1 saturated heterocycles. The summed E-state index contributed by atoms with van der Waals surface area (Å²) in [5, 5.41) is 9.95. The van der Waals surface area contributed by atoms with Crippen LogP contribution in [-0.4, -0.2) is 40.6 Å². The molecular formula is C12H24N2O2. The third-order valence-electron chi connectivity index (χ3n) is 3.31. The monoisotopic (exact) mass is 228 g/mol. The molecule has 16 heavy (non-hydrogen) atoms. The molecule has 3 N–H and O–H groups in total. The Morgan fingerprint density at radius 3 is 2.50 bits per heavy atom. The number of hydrogen-bond acceptors (Lipinski definition) is 3. The lowest BCUT2D eigenvalue weighted by molar-refractivity contribution is -0.157. The van der Waals surface area contributed by atoms with Gasteiger partial charge in [-0.2, -0.15) is 0 Å². The highest BCUT2D eigenvalue weighted by Crippen LogP contribution is 2.26. The van der Waals surface area contributed by atoms with E-state index in [1.807, 2.05) is 20.8 Å². The van der Waals surface area contributed by atoms with Crippen molar-refractivity contribution in [2.75, 3.05) is 13.1 Å². The highest BCUT2D eigenvalue weighted by Gasteiger charge is 2.42. The molecule has 0 aromatic heterocycles. The zero-order valence-electron chi connectivity index (χ0n) is 10.6. The Morgan fingerprint density at radius 1 is 1.50 bits per heavy atom. The average Bonchev–Trinajstić information content (AvgIpc) is 2.13. The van der Waals surface area contributed by atoms with E-state index in [1.165, 1.54) is 0 Å². The van der Waals surface area contributed by atoms with Crippen LogP contribution in [-0.2, 0) is 4.79 Å². The molecule has 1 fully saturated rings. The van der Waals surface area contributed by atoms with Gasteiger partial charge in [-0.05, 0) is 12.3 Å². The van der Waals surface area contributed by atoms with Gasteiger partial charge in [0.15, 0.2) is 0 Å². The van der Waals surface area contributed by atoms with Gasteiger partial charge < -0.3 is 15.7 Å². The number of rotatable bonds is 5. The molecule has 4 nitrogen and oxygen atoms in total. The molecule has 0 aromatic rings. The number of amides is 1. The van der Waals surface area contributed by atoms with Crippen LogP contribution in [0.2, 0.25) is 0 Å². The lowest BCUT2D eigenvalue weighted by atomic mass is 9.88. The van der Waals surface area contributed by atoms with Gasteiger partial charge in [0.2, 0.25) is 5.91 Å². The number of carbonyl (C=O) groups is 1. The number of nitrogens with zero attached hydrogens (tertiary/aromatic N) is 1.